The molecule has 4 heterocycles. The molecule has 3 aromatic rings. The molecule has 2 atom stereocenters. The molecule has 2 aliphatic heterocycles. The van der Waals surface area contributed by atoms with Crippen molar-refractivity contribution in [3.63, 3.8) is 0 Å². The standard InChI is InChI=1S/C30H33F4N5O3Se/c1-29(41)17-38(18-29)27(40)19-8-9-26(42-3)24(14-19)35-11-4-6-20-15-25-23(36-22-10-13-37(2)16-21(22)31)7-5-12-39(25)28(20)43-30(32,33)34/h5,7-9,12,14-15,21-22,35-36,41H,10-11,13,16-18H2,1-3H3/t21-,22+/m0/s1. The molecule has 0 radical (unpaired) electrons. The number of benzene rings is 1. The topological polar surface area (TPSA) is 81.5 Å². The minimum atomic E-state index is -4.40. The normalized spacial score (nSPS) is 20.2. The SMILES string of the molecule is COc1ccc(C(=O)N2CC(C)(O)C2)cc1NCC#Cc1cc2c(N[C@@H]3CCN(C)C[C@@H]3F)cccn2c1[Se]C(F)(F)F. The number of β-amino-alcohol motifs (C(OH)–C–C–N with tert-alkyl or cyclic N) is 1. The number of aromatic nitrogens is 1. The van der Waals surface area contributed by atoms with E-state index in [1.54, 1.807) is 49.5 Å². The quantitative estimate of drug-likeness (QED) is 0.205. The Bertz CT molecular complexity index is 1560. The van der Waals surface area contributed by atoms with Gasteiger partial charge in [-0.3, -0.25) is 0 Å². The van der Waals surface area contributed by atoms with Crippen molar-refractivity contribution in [2.75, 3.05) is 57.5 Å². The van der Waals surface area contributed by atoms with Crippen LogP contribution in [0.4, 0.5) is 28.9 Å². The van der Waals surface area contributed by atoms with Crippen LogP contribution in [0.2, 0.25) is 0 Å². The van der Waals surface area contributed by atoms with Gasteiger partial charge in [-0.05, 0) is 6.92 Å². The van der Waals surface area contributed by atoms with Crippen LogP contribution in [0.5, 0.6) is 5.75 Å². The number of likely N-dealkylation sites (tertiary alicyclic amines) is 2. The summed E-state index contributed by atoms with van der Waals surface area (Å²) in [5, 5.41) is 11.9. The van der Waals surface area contributed by atoms with Crippen molar-refractivity contribution < 1.29 is 32.2 Å². The second-order valence-corrected chi connectivity index (χ2v) is 13.3. The van der Waals surface area contributed by atoms with Crippen LogP contribution in [0, 0.1) is 11.8 Å². The number of hydrogen-bond acceptors (Lipinski definition) is 6. The molecule has 0 bridgehead atoms. The molecular weight excluding hydrogens is 633 g/mol. The van der Waals surface area contributed by atoms with Crippen molar-refractivity contribution >= 4 is 42.3 Å². The van der Waals surface area contributed by atoms with E-state index in [1.165, 1.54) is 16.4 Å². The molecule has 2 aliphatic rings. The van der Waals surface area contributed by atoms with Crippen LogP contribution < -0.4 is 20.0 Å². The Labute approximate surface area is 253 Å². The number of carbonyl (C=O) groups excluding carboxylic acids is 1. The number of methoxy groups -OCH3 is 1. The molecule has 2 fully saturated rings. The summed E-state index contributed by atoms with van der Waals surface area (Å²) in [5.74, 6) is 6.04. The van der Waals surface area contributed by atoms with Gasteiger partial charge >= 0.3 is 236 Å². The minimum absolute atomic E-state index is 0.0573. The first-order chi connectivity index (χ1) is 20.3. The molecule has 1 amide bonds. The fourth-order valence-electron chi connectivity index (χ4n) is 5.38. The van der Waals surface area contributed by atoms with Crippen molar-refractivity contribution in [1.29, 1.82) is 0 Å². The summed E-state index contributed by atoms with van der Waals surface area (Å²) in [7, 11) is 3.34. The number of piperidine rings is 1. The third-order valence-corrected chi connectivity index (χ3v) is 9.21. The molecule has 2 aromatic heterocycles. The van der Waals surface area contributed by atoms with Gasteiger partial charge in [0.2, 0.25) is 0 Å². The van der Waals surface area contributed by atoms with E-state index in [-0.39, 0.29) is 42.2 Å². The van der Waals surface area contributed by atoms with Crippen LogP contribution in [0.25, 0.3) is 5.52 Å². The number of amides is 1. The fraction of sp³-hybridized carbons (Fsp3) is 0.433. The monoisotopic (exact) mass is 667 g/mol. The number of anilines is 2. The summed E-state index contributed by atoms with van der Waals surface area (Å²) in [5.41, 5.74) is 1.32. The van der Waals surface area contributed by atoms with Crippen molar-refractivity contribution in [1.82, 2.24) is 14.2 Å². The molecule has 230 valence electrons. The van der Waals surface area contributed by atoms with Crippen LogP contribution in [0.15, 0.2) is 42.6 Å². The number of ether oxygens (including phenoxy) is 1. The third-order valence-electron chi connectivity index (χ3n) is 7.45. The van der Waals surface area contributed by atoms with Gasteiger partial charge in [0.1, 0.15) is 0 Å². The summed E-state index contributed by atoms with van der Waals surface area (Å²) in [6.07, 6.45) is 1.04. The molecule has 8 nitrogen and oxygen atoms in total. The molecule has 0 spiro atoms. The van der Waals surface area contributed by atoms with Crippen LogP contribution in [0.3, 0.4) is 0 Å². The van der Waals surface area contributed by atoms with Gasteiger partial charge in [0.25, 0.3) is 0 Å². The van der Waals surface area contributed by atoms with E-state index < -0.39 is 37.8 Å². The third kappa shape index (κ3) is 7.21. The summed E-state index contributed by atoms with van der Waals surface area (Å²) in [6, 6.07) is 9.46. The molecular formula is C30H33F4N5O3Se. The van der Waals surface area contributed by atoms with Crippen molar-refractivity contribution in [3.05, 3.63) is 53.7 Å². The summed E-state index contributed by atoms with van der Waals surface area (Å²) in [4.78, 5) is 16.3. The Morgan fingerprint density at radius 2 is 2.00 bits per heavy atom. The van der Waals surface area contributed by atoms with Gasteiger partial charge < -0.3 is 5.11 Å². The van der Waals surface area contributed by atoms with E-state index in [0.29, 0.717) is 34.6 Å². The van der Waals surface area contributed by atoms with Gasteiger partial charge in [-0.15, -0.1) is 0 Å². The molecule has 0 unspecified atom stereocenters. The number of carbonyl (C=O) groups is 1. The number of rotatable bonds is 7. The number of fused-ring (bicyclic) bond motifs is 1. The van der Waals surface area contributed by atoms with Gasteiger partial charge in [0, 0.05) is 0 Å². The number of nitrogens with one attached hydrogen (secondary N) is 2. The van der Waals surface area contributed by atoms with Gasteiger partial charge in [-0.25, -0.2) is 0 Å². The Balaban J connectivity index is 1.37. The van der Waals surface area contributed by atoms with Crippen LogP contribution >= 0.6 is 0 Å². The van der Waals surface area contributed by atoms with E-state index >= 15 is 0 Å². The van der Waals surface area contributed by atoms with E-state index in [2.05, 4.69) is 22.5 Å². The van der Waals surface area contributed by atoms with Crippen molar-refractivity contribution in [3.8, 4) is 17.6 Å². The number of pyridine rings is 1. The maximum absolute atomic E-state index is 14.7. The van der Waals surface area contributed by atoms with E-state index in [1.807, 2.05) is 11.9 Å². The summed E-state index contributed by atoms with van der Waals surface area (Å²) >= 11 is -1.87. The number of alkyl halides is 4. The van der Waals surface area contributed by atoms with E-state index in [4.69, 9.17) is 4.74 Å². The molecule has 13 heteroatoms. The molecule has 3 N–H and O–H groups in total. The van der Waals surface area contributed by atoms with Crippen molar-refractivity contribution in [2.45, 2.75) is 36.2 Å². The van der Waals surface area contributed by atoms with Gasteiger partial charge in [-0.2, -0.15) is 0 Å². The number of aliphatic hydroxyl groups is 1. The Morgan fingerprint density at radius 3 is 2.67 bits per heavy atom. The van der Waals surface area contributed by atoms with Crippen LogP contribution in [-0.4, -0.2) is 110 Å². The Kier molecular flexibility index (Phi) is 8.86. The van der Waals surface area contributed by atoms with Crippen molar-refractivity contribution in [2.24, 2.45) is 0 Å². The van der Waals surface area contributed by atoms with Gasteiger partial charge in [0.05, 0.1) is 5.60 Å². The predicted octanol–water partition coefficient (Wildman–Crippen LogP) is 2.92. The fourth-order valence-corrected chi connectivity index (χ4v) is 6.84. The Hall–Kier alpha value is -3.43. The maximum atomic E-state index is 14.7. The zero-order chi connectivity index (χ0) is 30.9. The number of halogens is 4. The molecule has 5 rings (SSSR count). The zero-order valence-corrected chi connectivity index (χ0v) is 25.7. The number of nitrogens with zero attached hydrogens (tertiary/aromatic N) is 3. The van der Waals surface area contributed by atoms with Crippen LogP contribution in [-0.2, 0) is 0 Å². The summed E-state index contributed by atoms with van der Waals surface area (Å²) in [6.45, 7) is 3.22. The number of hydrogen-bond donors (Lipinski definition) is 3. The van der Waals surface area contributed by atoms with Gasteiger partial charge in [0.15, 0.2) is 0 Å². The molecule has 2 saturated heterocycles. The molecule has 0 aliphatic carbocycles. The van der Waals surface area contributed by atoms with E-state index in [9.17, 15) is 27.5 Å². The predicted molar refractivity (Wildman–Crippen MR) is 158 cm³/mol. The summed E-state index contributed by atoms with van der Waals surface area (Å²) < 4.78 is 62.6. The second kappa shape index (κ2) is 12.3. The average Bonchev–Trinajstić information content (AvgIpc) is 3.27. The Morgan fingerprint density at radius 1 is 1.23 bits per heavy atom. The molecule has 1 aromatic carbocycles. The molecule has 43 heavy (non-hydrogen) atoms. The van der Waals surface area contributed by atoms with E-state index in [0.717, 1.165) is 6.54 Å². The second-order valence-electron chi connectivity index (χ2n) is 11.1. The first kappa shape index (κ1) is 31.0. The first-order valence-corrected chi connectivity index (χ1v) is 15.5. The first-order valence-electron chi connectivity index (χ1n) is 13.7. The zero-order valence-electron chi connectivity index (χ0n) is 24.0. The van der Waals surface area contributed by atoms with Crippen LogP contribution in [0.1, 0.15) is 29.3 Å². The van der Waals surface area contributed by atoms with Gasteiger partial charge in [-0.1, -0.05) is 0 Å². The average molecular weight is 667 g/mol. The molecule has 0 saturated carbocycles.